The number of fused-ring (bicyclic) bond motifs is 2. The number of Topliss-reactive ketones (excluding diaryl/α,β-unsaturated/α-hetero) is 1. The van der Waals surface area contributed by atoms with Crippen molar-refractivity contribution in [2.24, 2.45) is 5.92 Å². The van der Waals surface area contributed by atoms with E-state index < -0.39 is 0 Å². The summed E-state index contributed by atoms with van der Waals surface area (Å²) >= 11 is 2.11. The second-order valence-corrected chi connectivity index (χ2v) is 7.04. The van der Waals surface area contributed by atoms with Crippen LogP contribution in [0.25, 0.3) is 0 Å². The van der Waals surface area contributed by atoms with Crippen molar-refractivity contribution in [1.82, 2.24) is 4.98 Å². The average molecular weight is 277 g/mol. The first-order valence-corrected chi connectivity index (χ1v) is 7.90. The summed E-state index contributed by atoms with van der Waals surface area (Å²) in [5.41, 5.74) is 0.752. The predicted octanol–water partition coefficient (Wildman–Crippen LogP) is 3.34. The van der Waals surface area contributed by atoms with Gasteiger partial charge >= 0.3 is 0 Å². The van der Waals surface area contributed by atoms with Crippen LogP contribution in [0.15, 0.2) is 18.3 Å². The van der Waals surface area contributed by atoms with Gasteiger partial charge in [-0.05, 0) is 31.7 Å². The molecule has 4 heteroatoms. The maximum absolute atomic E-state index is 12.6. The van der Waals surface area contributed by atoms with Gasteiger partial charge in [0, 0.05) is 34.2 Å². The summed E-state index contributed by atoms with van der Waals surface area (Å²) < 4.78 is 5.10. The van der Waals surface area contributed by atoms with Crippen molar-refractivity contribution >= 4 is 17.5 Å². The number of carbonyl (C=O) groups excluding carboxylic acids is 1. The third-order valence-corrected chi connectivity index (χ3v) is 5.76. The van der Waals surface area contributed by atoms with E-state index in [1.54, 1.807) is 19.4 Å². The van der Waals surface area contributed by atoms with Gasteiger partial charge in [-0.25, -0.2) is 4.98 Å². The summed E-state index contributed by atoms with van der Waals surface area (Å²) in [5, 5.41) is 1.40. The summed E-state index contributed by atoms with van der Waals surface area (Å²) in [7, 11) is 1.58. The topological polar surface area (TPSA) is 39.2 Å². The Morgan fingerprint density at radius 3 is 2.79 bits per heavy atom. The zero-order valence-corrected chi connectivity index (χ0v) is 12.0. The van der Waals surface area contributed by atoms with E-state index in [1.165, 1.54) is 19.3 Å². The zero-order chi connectivity index (χ0) is 13.2. The van der Waals surface area contributed by atoms with Gasteiger partial charge in [-0.3, -0.25) is 4.79 Å². The highest BCUT2D eigenvalue weighted by Gasteiger charge is 2.35. The fourth-order valence-electron chi connectivity index (χ4n) is 3.18. The van der Waals surface area contributed by atoms with Crippen LogP contribution >= 0.6 is 11.8 Å². The lowest BCUT2D eigenvalue weighted by Gasteiger charge is -2.37. The molecule has 0 aliphatic carbocycles. The van der Waals surface area contributed by atoms with Crippen LogP contribution in [0.3, 0.4) is 0 Å². The minimum absolute atomic E-state index is 0.198. The fraction of sp³-hybridized carbons (Fsp3) is 0.600. The molecule has 102 valence electrons. The summed E-state index contributed by atoms with van der Waals surface area (Å²) in [6.07, 6.45) is 7.65. The first-order valence-electron chi connectivity index (χ1n) is 6.96. The van der Waals surface area contributed by atoms with E-state index in [0.29, 0.717) is 16.4 Å². The predicted molar refractivity (Wildman–Crippen MR) is 76.9 cm³/mol. The van der Waals surface area contributed by atoms with E-state index in [1.807, 2.05) is 6.07 Å². The van der Waals surface area contributed by atoms with Crippen LogP contribution in [0.5, 0.6) is 5.88 Å². The molecule has 1 aromatic heterocycles. The van der Waals surface area contributed by atoms with Gasteiger partial charge in [0.1, 0.15) is 0 Å². The molecule has 2 atom stereocenters. The maximum atomic E-state index is 12.6. The minimum Gasteiger partial charge on any atom is -0.481 e. The molecular weight excluding hydrogens is 258 g/mol. The van der Waals surface area contributed by atoms with Crippen molar-refractivity contribution in [2.75, 3.05) is 7.11 Å². The van der Waals surface area contributed by atoms with Crippen molar-refractivity contribution in [3.05, 3.63) is 23.9 Å². The zero-order valence-electron chi connectivity index (χ0n) is 11.2. The number of carbonyl (C=O) groups is 1. The number of thioether (sulfide) groups is 1. The molecule has 19 heavy (non-hydrogen) atoms. The molecule has 1 aromatic rings. The second-order valence-electron chi connectivity index (χ2n) is 5.43. The molecule has 0 spiro atoms. The van der Waals surface area contributed by atoms with Crippen LogP contribution < -0.4 is 4.74 Å². The normalized spacial score (nSPS) is 29.8. The summed E-state index contributed by atoms with van der Waals surface area (Å²) in [6.45, 7) is 0. The molecule has 2 aliphatic heterocycles. The third-order valence-electron chi connectivity index (χ3n) is 4.13. The van der Waals surface area contributed by atoms with Crippen LogP contribution in [-0.2, 0) is 0 Å². The number of ketones is 1. The van der Waals surface area contributed by atoms with Gasteiger partial charge in [-0.2, -0.15) is 11.8 Å². The van der Waals surface area contributed by atoms with Crippen molar-refractivity contribution in [1.29, 1.82) is 0 Å². The molecule has 3 heterocycles. The second kappa shape index (κ2) is 5.53. The van der Waals surface area contributed by atoms with Crippen LogP contribution in [0, 0.1) is 5.92 Å². The van der Waals surface area contributed by atoms with Gasteiger partial charge in [-0.15, -0.1) is 0 Å². The number of rotatable bonds is 3. The van der Waals surface area contributed by atoms with Crippen molar-refractivity contribution in [3.8, 4) is 5.88 Å². The highest BCUT2D eigenvalue weighted by molar-refractivity contribution is 8.00. The van der Waals surface area contributed by atoms with Crippen molar-refractivity contribution in [2.45, 2.75) is 42.6 Å². The highest BCUT2D eigenvalue weighted by Crippen LogP contribution is 2.44. The Morgan fingerprint density at radius 1 is 1.37 bits per heavy atom. The molecule has 0 saturated carbocycles. The van der Waals surface area contributed by atoms with Gasteiger partial charge in [0.05, 0.1) is 7.11 Å². The van der Waals surface area contributed by atoms with Gasteiger partial charge in [0.15, 0.2) is 5.78 Å². The standard InChI is InChI=1S/C15H19NO2S/c1-18-14-9-10(5-6-16-14)15(17)11-7-12-3-2-4-13(8-11)19-12/h5-6,9,11-13H,2-4,7-8H2,1H3. The van der Waals surface area contributed by atoms with Crippen molar-refractivity contribution < 1.29 is 9.53 Å². The number of methoxy groups -OCH3 is 1. The quantitative estimate of drug-likeness (QED) is 0.794. The number of hydrogen-bond donors (Lipinski definition) is 0. The molecule has 0 radical (unpaired) electrons. The molecule has 0 amide bonds. The molecule has 0 N–H and O–H groups in total. The van der Waals surface area contributed by atoms with E-state index >= 15 is 0 Å². The maximum Gasteiger partial charge on any atom is 0.213 e. The molecular formula is C15H19NO2S. The van der Waals surface area contributed by atoms with E-state index in [0.717, 1.165) is 18.4 Å². The number of aromatic nitrogens is 1. The molecule has 3 rings (SSSR count). The number of nitrogens with zero attached hydrogens (tertiary/aromatic N) is 1. The molecule has 2 bridgehead atoms. The van der Waals surface area contributed by atoms with Gasteiger partial charge in [0.25, 0.3) is 0 Å². The Labute approximate surface area is 118 Å². The van der Waals surface area contributed by atoms with Crippen LogP contribution in [-0.4, -0.2) is 28.4 Å². The number of hydrogen-bond acceptors (Lipinski definition) is 4. The van der Waals surface area contributed by atoms with E-state index in [4.69, 9.17) is 4.74 Å². The van der Waals surface area contributed by atoms with E-state index in [9.17, 15) is 4.79 Å². The van der Waals surface area contributed by atoms with Gasteiger partial charge in [0.2, 0.25) is 5.88 Å². The SMILES string of the molecule is COc1cc(C(=O)C2CC3CCCC(C2)S3)ccn1. The minimum atomic E-state index is 0.198. The molecule has 2 unspecified atom stereocenters. The van der Waals surface area contributed by atoms with Crippen LogP contribution in [0.4, 0.5) is 0 Å². The summed E-state index contributed by atoms with van der Waals surface area (Å²) in [5.74, 6) is 0.998. The van der Waals surface area contributed by atoms with Crippen LogP contribution in [0.2, 0.25) is 0 Å². The Hall–Kier alpha value is -1.03. The third kappa shape index (κ3) is 2.78. The Balaban J connectivity index is 1.76. The van der Waals surface area contributed by atoms with E-state index in [2.05, 4.69) is 16.7 Å². The fourth-order valence-corrected chi connectivity index (χ4v) is 5.02. The Kier molecular flexibility index (Phi) is 3.78. The molecule has 3 nitrogen and oxygen atoms in total. The summed E-state index contributed by atoms with van der Waals surface area (Å²) in [6, 6.07) is 3.57. The van der Waals surface area contributed by atoms with Gasteiger partial charge < -0.3 is 4.74 Å². The smallest absolute Gasteiger partial charge is 0.213 e. The van der Waals surface area contributed by atoms with Gasteiger partial charge in [-0.1, -0.05) is 6.42 Å². The Morgan fingerprint density at radius 2 is 2.11 bits per heavy atom. The lowest BCUT2D eigenvalue weighted by Crippen LogP contribution is -2.32. The lowest BCUT2D eigenvalue weighted by atomic mass is 9.84. The van der Waals surface area contributed by atoms with Crippen molar-refractivity contribution in [3.63, 3.8) is 0 Å². The van der Waals surface area contributed by atoms with Crippen LogP contribution in [0.1, 0.15) is 42.5 Å². The number of pyridine rings is 1. The average Bonchev–Trinajstić information content (AvgIpc) is 2.46. The largest absolute Gasteiger partial charge is 0.481 e. The van der Waals surface area contributed by atoms with E-state index in [-0.39, 0.29) is 11.7 Å². The molecule has 0 aromatic carbocycles. The Bertz CT molecular complexity index is 465. The summed E-state index contributed by atoms with van der Waals surface area (Å²) in [4.78, 5) is 16.7. The molecule has 2 fully saturated rings. The lowest BCUT2D eigenvalue weighted by molar-refractivity contribution is 0.0896. The first kappa shape index (κ1) is 13.0. The molecule has 2 saturated heterocycles. The monoisotopic (exact) mass is 277 g/mol. The first-order chi connectivity index (χ1) is 9.26. The highest BCUT2D eigenvalue weighted by atomic mass is 32.2. The molecule has 2 aliphatic rings. The number of ether oxygens (including phenoxy) is 1.